The number of ether oxygens (including phenoxy) is 1. The zero-order chi connectivity index (χ0) is 17.9. The molecule has 1 fully saturated rings. The Morgan fingerprint density at radius 2 is 1.88 bits per heavy atom. The number of aliphatic hydroxyl groups is 1. The maximum atomic E-state index is 12.4. The maximum absolute atomic E-state index is 12.4. The Bertz CT molecular complexity index is 818. The van der Waals surface area contributed by atoms with Crippen LogP contribution in [0.3, 0.4) is 0 Å². The summed E-state index contributed by atoms with van der Waals surface area (Å²) in [6.45, 7) is 2.47. The van der Waals surface area contributed by atoms with Gasteiger partial charge in [0.2, 0.25) is 0 Å². The number of hydrogen-bond donors (Lipinski definition) is 1. The number of anilines is 1. The molecule has 4 heteroatoms. The predicted molar refractivity (Wildman–Crippen MR) is 103 cm³/mol. The Morgan fingerprint density at radius 1 is 1.12 bits per heavy atom. The van der Waals surface area contributed by atoms with Crippen LogP contribution >= 0.6 is 0 Å². The molecule has 2 aliphatic heterocycles. The number of nitrogens with zero attached hydrogens (tertiary/aromatic N) is 1. The summed E-state index contributed by atoms with van der Waals surface area (Å²) in [7, 11) is 0. The number of carbonyl (C=O) groups excluding carboxylic acids is 1. The van der Waals surface area contributed by atoms with Crippen molar-refractivity contribution in [3.05, 3.63) is 65.2 Å². The molecule has 26 heavy (non-hydrogen) atoms. The van der Waals surface area contributed by atoms with Gasteiger partial charge in [-0.25, -0.2) is 0 Å². The van der Waals surface area contributed by atoms with Crippen molar-refractivity contribution in [1.82, 2.24) is 0 Å². The molecule has 1 saturated heterocycles. The van der Waals surface area contributed by atoms with Crippen molar-refractivity contribution in [2.24, 2.45) is 0 Å². The lowest BCUT2D eigenvalue weighted by molar-refractivity contribution is 0.104. The van der Waals surface area contributed by atoms with Crippen molar-refractivity contribution >= 4 is 17.5 Å². The van der Waals surface area contributed by atoms with E-state index < -0.39 is 0 Å². The van der Waals surface area contributed by atoms with Crippen LogP contribution in [0, 0.1) is 0 Å². The van der Waals surface area contributed by atoms with Crippen LogP contribution in [-0.4, -0.2) is 36.7 Å². The fourth-order valence-electron chi connectivity index (χ4n) is 3.53. The third-order valence-corrected chi connectivity index (χ3v) is 5.12. The molecule has 2 aromatic rings. The minimum atomic E-state index is -0.162. The van der Waals surface area contributed by atoms with Crippen molar-refractivity contribution in [1.29, 1.82) is 0 Å². The van der Waals surface area contributed by atoms with Gasteiger partial charge in [0.05, 0.1) is 12.7 Å². The van der Waals surface area contributed by atoms with E-state index in [1.807, 2.05) is 36.4 Å². The first-order valence-corrected chi connectivity index (χ1v) is 9.20. The fourth-order valence-corrected chi connectivity index (χ4v) is 3.53. The number of rotatable bonds is 4. The SMILES string of the molecule is O=C(/C=C/c1ccc(N2CCC(O)CC2)cc1)c1ccc2c(c1)CCO2. The average molecular weight is 349 g/mol. The van der Waals surface area contributed by atoms with Crippen LogP contribution in [0.5, 0.6) is 5.75 Å². The van der Waals surface area contributed by atoms with Crippen molar-refractivity contribution in [2.75, 3.05) is 24.6 Å². The van der Waals surface area contributed by atoms with E-state index in [9.17, 15) is 9.90 Å². The second-order valence-electron chi connectivity index (χ2n) is 6.93. The van der Waals surface area contributed by atoms with E-state index in [2.05, 4.69) is 17.0 Å². The minimum absolute atomic E-state index is 0.00814. The number of ketones is 1. The van der Waals surface area contributed by atoms with E-state index >= 15 is 0 Å². The molecule has 2 aliphatic rings. The molecule has 1 N–H and O–H groups in total. The van der Waals surface area contributed by atoms with Gasteiger partial charge in [0, 0.05) is 30.8 Å². The van der Waals surface area contributed by atoms with Gasteiger partial charge in [-0.2, -0.15) is 0 Å². The zero-order valence-corrected chi connectivity index (χ0v) is 14.7. The Labute approximate surface area is 153 Å². The Hall–Kier alpha value is -2.59. The number of aliphatic hydroxyl groups excluding tert-OH is 1. The van der Waals surface area contributed by atoms with Crippen LogP contribution in [0.25, 0.3) is 6.08 Å². The van der Waals surface area contributed by atoms with E-state index in [1.54, 1.807) is 6.08 Å². The lowest BCUT2D eigenvalue weighted by Gasteiger charge is -2.31. The first kappa shape index (κ1) is 16.9. The molecule has 0 saturated carbocycles. The minimum Gasteiger partial charge on any atom is -0.493 e. The normalized spacial score (nSPS) is 17.3. The maximum Gasteiger partial charge on any atom is 0.185 e. The second kappa shape index (κ2) is 7.34. The molecule has 2 aromatic carbocycles. The van der Waals surface area contributed by atoms with Gasteiger partial charge in [-0.05, 0) is 60.4 Å². The molecule has 0 bridgehead atoms. The number of benzene rings is 2. The highest BCUT2D eigenvalue weighted by Gasteiger charge is 2.17. The second-order valence-corrected chi connectivity index (χ2v) is 6.93. The summed E-state index contributed by atoms with van der Waals surface area (Å²) >= 11 is 0. The summed E-state index contributed by atoms with van der Waals surface area (Å²) in [6.07, 6.45) is 5.84. The molecule has 0 aliphatic carbocycles. The molecule has 0 atom stereocenters. The lowest BCUT2D eigenvalue weighted by Crippen LogP contribution is -2.35. The van der Waals surface area contributed by atoms with Crippen molar-refractivity contribution in [2.45, 2.75) is 25.4 Å². The van der Waals surface area contributed by atoms with Crippen molar-refractivity contribution in [3.8, 4) is 5.75 Å². The molecule has 0 aromatic heterocycles. The van der Waals surface area contributed by atoms with Crippen LogP contribution in [0.4, 0.5) is 5.69 Å². The Morgan fingerprint density at radius 3 is 2.65 bits per heavy atom. The summed E-state index contributed by atoms with van der Waals surface area (Å²) < 4.78 is 5.48. The number of allylic oxidation sites excluding steroid dienone is 1. The largest absolute Gasteiger partial charge is 0.493 e. The van der Waals surface area contributed by atoms with E-state index in [-0.39, 0.29) is 11.9 Å². The molecular weight excluding hydrogens is 326 g/mol. The van der Waals surface area contributed by atoms with Crippen LogP contribution in [0.15, 0.2) is 48.5 Å². The first-order chi connectivity index (χ1) is 12.7. The van der Waals surface area contributed by atoms with Gasteiger partial charge >= 0.3 is 0 Å². The van der Waals surface area contributed by atoms with Gasteiger partial charge in [0.25, 0.3) is 0 Å². The van der Waals surface area contributed by atoms with Crippen LogP contribution in [-0.2, 0) is 6.42 Å². The number of hydrogen-bond acceptors (Lipinski definition) is 4. The fraction of sp³-hybridized carbons (Fsp3) is 0.318. The quantitative estimate of drug-likeness (QED) is 0.678. The smallest absolute Gasteiger partial charge is 0.185 e. The summed E-state index contributed by atoms with van der Waals surface area (Å²) in [4.78, 5) is 14.7. The van der Waals surface area contributed by atoms with E-state index in [1.165, 1.54) is 5.69 Å². The molecule has 2 heterocycles. The highest BCUT2D eigenvalue weighted by molar-refractivity contribution is 6.07. The topological polar surface area (TPSA) is 49.8 Å². The van der Waals surface area contributed by atoms with E-state index in [4.69, 9.17) is 4.74 Å². The van der Waals surface area contributed by atoms with Gasteiger partial charge < -0.3 is 14.7 Å². The first-order valence-electron chi connectivity index (χ1n) is 9.20. The summed E-state index contributed by atoms with van der Waals surface area (Å²) in [5.74, 6) is 0.903. The third-order valence-electron chi connectivity index (χ3n) is 5.12. The Kier molecular flexibility index (Phi) is 4.76. The third kappa shape index (κ3) is 3.65. The summed E-state index contributed by atoms with van der Waals surface area (Å²) in [6, 6.07) is 13.9. The van der Waals surface area contributed by atoms with Gasteiger partial charge in [-0.3, -0.25) is 4.79 Å². The predicted octanol–water partition coefficient (Wildman–Crippen LogP) is 3.48. The van der Waals surface area contributed by atoms with Crippen LogP contribution in [0.2, 0.25) is 0 Å². The molecule has 4 nitrogen and oxygen atoms in total. The molecule has 0 radical (unpaired) electrons. The monoisotopic (exact) mass is 349 g/mol. The molecule has 4 rings (SSSR count). The molecule has 0 unspecified atom stereocenters. The molecule has 134 valence electrons. The highest BCUT2D eigenvalue weighted by atomic mass is 16.5. The number of piperidine rings is 1. The zero-order valence-electron chi connectivity index (χ0n) is 14.7. The number of fused-ring (bicyclic) bond motifs is 1. The lowest BCUT2D eigenvalue weighted by atomic mass is 10.0. The Balaban J connectivity index is 1.41. The van der Waals surface area contributed by atoms with E-state index in [0.29, 0.717) is 12.2 Å². The van der Waals surface area contributed by atoms with E-state index in [0.717, 1.165) is 49.2 Å². The number of carbonyl (C=O) groups is 1. The molecule has 0 amide bonds. The molecule has 0 spiro atoms. The van der Waals surface area contributed by atoms with Crippen LogP contribution < -0.4 is 9.64 Å². The van der Waals surface area contributed by atoms with Crippen LogP contribution in [0.1, 0.15) is 34.3 Å². The molecular formula is C22H23NO3. The van der Waals surface area contributed by atoms with Crippen molar-refractivity contribution in [3.63, 3.8) is 0 Å². The van der Waals surface area contributed by atoms with Crippen molar-refractivity contribution < 1.29 is 14.6 Å². The average Bonchev–Trinajstić information content (AvgIpc) is 3.15. The summed E-state index contributed by atoms with van der Waals surface area (Å²) in [5, 5.41) is 9.61. The summed E-state index contributed by atoms with van der Waals surface area (Å²) in [5.41, 5.74) is 3.98. The van der Waals surface area contributed by atoms with Gasteiger partial charge in [-0.15, -0.1) is 0 Å². The van der Waals surface area contributed by atoms with Gasteiger partial charge in [0.15, 0.2) is 5.78 Å². The highest BCUT2D eigenvalue weighted by Crippen LogP contribution is 2.26. The van der Waals surface area contributed by atoms with Gasteiger partial charge in [-0.1, -0.05) is 18.2 Å². The van der Waals surface area contributed by atoms with Gasteiger partial charge in [0.1, 0.15) is 5.75 Å². The standard InChI is InChI=1S/C22H23NO3/c24-20-9-12-23(13-10-20)19-5-1-16(2-6-19)3-7-21(25)17-4-8-22-18(15-17)11-14-26-22/h1-8,15,20,24H,9-14H2/b7-3+.